The number of aromatic nitrogens is 1. The molecule has 6 heteroatoms. The first kappa shape index (κ1) is 18.4. The molecule has 5 nitrogen and oxygen atoms in total. The Morgan fingerprint density at radius 1 is 1.11 bits per heavy atom. The van der Waals surface area contributed by atoms with Gasteiger partial charge in [0.2, 0.25) is 0 Å². The minimum Gasteiger partial charge on any atom is -0.496 e. The molecular weight excluding hydrogens is 345 g/mol. The van der Waals surface area contributed by atoms with E-state index in [4.69, 9.17) is 4.74 Å². The number of carbonyl (C=O) groups is 1. The lowest BCUT2D eigenvalue weighted by molar-refractivity contribution is 0.102. The number of rotatable bonds is 7. The van der Waals surface area contributed by atoms with Crippen molar-refractivity contribution in [1.29, 1.82) is 0 Å². The van der Waals surface area contributed by atoms with Crippen molar-refractivity contribution in [1.82, 2.24) is 4.98 Å². The van der Waals surface area contributed by atoms with Gasteiger partial charge in [-0.3, -0.25) is 9.78 Å². The minimum absolute atomic E-state index is 0.136. The third-order valence-electron chi connectivity index (χ3n) is 4.04. The zero-order valence-electron chi connectivity index (χ0n) is 14.9. The molecule has 3 rings (SSSR count). The molecule has 3 aromatic rings. The summed E-state index contributed by atoms with van der Waals surface area (Å²) < 4.78 is 19.0. The maximum absolute atomic E-state index is 13.7. The molecule has 0 atom stereocenters. The fraction of sp³-hybridized carbons (Fsp3) is 0.143. The normalized spacial score (nSPS) is 10.3. The van der Waals surface area contributed by atoms with Gasteiger partial charge in [0.25, 0.3) is 5.91 Å². The second-order valence-electron chi connectivity index (χ2n) is 5.88. The summed E-state index contributed by atoms with van der Waals surface area (Å²) in [5, 5.41) is 5.80. The van der Waals surface area contributed by atoms with Gasteiger partial charge in [-0.2, -0.15) is 0 Å². The molecule has 1 amide bonds. The van der Waals surface area contributed by atoms with Crippen LogP contribution in [0.3, 0.4) is 0 Å². The minimum atomic E-state index is -0.482. The van der Waals surface area contributed by atoms with Crippen LogP contribution in [0.5, 0.6) is 5.75 Å². The van der Waals surface area contributed by atoms with Crippen LogP contribution in [0, 0.1) is 5.82 Å². The maximum atomic E-state index is 13.7. The van der Waals surface area contributed by atoms with Crippen molar-refractivity contribution in [3.8, 4) is 5.75 Å². The van der Waals surface area contributed by atoms with Gasteiger partial charge in [0.15, 0.2) is 0 Å². The van der Waals surface area contributed by atoms with Crippen LogP contribution in [-0.2, 0) is 6.42 Å². The number of hydrogen-bond donors (Lipinski definition) is 2. The van der Waals surface area contributed by atoms with Crippen LogP contribution in [0.1, 0.15) is 15.9 Å². The van der Waals surface area contributed by atoms with E-state index in [9.17, 15) is 9.18 Å². The number of pyridine rings is 1. The van der Waals surface area contributed by atoms with Gasteiger partial charge in [0.1, 0.15) is 11.6 Å². The van der Waals surface area contributed by atoms with Gasteiger partial charge in [0.05, 0.1) is 24.0 Å². The third kappa shape index (κ3) is 4.82. The SMILES string of the molecule is COc1ccccc1CCNc1cncc(C(=O)Nc2ccccc2F)c1. The number of carbonyl (C=O) groups excluding carboxylic acids is 1. The molecule has 1 aromatic heterocycles. The number of benzene rings is 2. The number of hydrogen-bond acceptors (Lipinski definition) is 4. The molecule has 0 saturated heterocycles. The van der Waals surface area contributed by atoms with Gasteiger partial charge in [0, 0.05) is 18.9 Å². The molecule has 0 spiro atoms. The van der Waals surface area contributed by atoms with Crippen molar-refractivity contribution in [2.75, 3.05) is 24.3 Å². The summed E-state index contributed by atoms with van der Waals surface area (Å²) in [6, 6.07) is 15.5. The standard InChI is InChI=1S/C21H20FN3O2/c1-27-20-9-5-2-6-15(20)10-11-24-17-12-16(13-23-14-17)21(26)25-19-8-4-3-7-18(19)22/h2-9,12-14,24H,10-11H2,1H3,(H,25,26). The molecule has 2 N–H and O–H groups in total. The van der Waals surface area contributed by atoms with Crippen molar-refractivity contribution in [2.45, 2.75) is 6.42 Å². The topological polar surface area (TPSA) is 63.2 Å². The van der Waals surface area contributed by atoms with Crippen molar-refractivity contribution in [2.24, 2.45) is 0 Å². The van der Waals surface area contributed by atoms with Gasteiger partial charge in [-0.15, -0.1) is 0 Å². The number of nitrogens with one attached hydrogen (secondary N) is 2. The predicted octanol–water partition coefficient (Wildman–Crippen LogP) is 4.14. The lowest BCUT2D eigenvalue weighted by Gasteiger charge is -2.11. The molecule has 0 fully saturated rings. The summed E-state index contributed by atoms with van der Waals surface area (Å²) in [7, 11) is 1.65. The van der Waals surface area contributed by atoms with Crippen LogP contribution in [-0.4, -0.2) is 24.5 Å². The van der Waals surface area contributed by atoms with E-state index >= 15 is 0 Å². The molecule has 0 aliphatic carbocycles. The number of methoxy groups -OCH3 is 1. The molecule has 1 heterocycles. The summed E-state index contributed by atoms with van der Waals surface area (Å²) in [5.41, 5.74) is 2.29. The number of halogens is 1. The lowest BCUT2D eigenvalue weighted by Crippen LogP contribution is -2.14. The zero-order chi connectivity index (χ0) is 19.1. The first-order chi connectivity index (χ1) is 13.2. The van der Waals surface area contributed by atoms with Crippen LogP contribution < -0.4 is 15.4 Å². The van der Waals surface area contributed by atoms with Crippen molar-refractivity contribution in [3.63, 3.8) is 0 Å². The molecule has 0 saturated carbocycles. The number of para-hydroxylation sites is 2. The summed E-state index contributed by atoms with van der Waals surface area (Å²) in [5.74, 6) is -0.0543. The monoisotopic (exact) mass is 365 g/mol. The van der Waals surface area contributed by atoms with Crippen molar-refractivity contribution in [3.05, 3.63) is 83.9 Å². The highest BCUT2D eigenvalue weighted by Crippen LogP contribution is 2.18. The second-order valence-corrected chi connectivity index (χ2v) is 5.88. The average Bonchev–Trinajstić information content (AvgIpc) is 2.70. The van der Waals surface area contributed by atoms with Crippen LogP contribution in [0.2, 0.25) is 0 Å². The van der Waals surface area contributed by atoms with E-state index in [0.717, 1.165) is 17.7 Å². The smallest absolute Gasteiger partial charge is 0.257 e. The molecule has 0 aliphatic heterocycles. The highest BCUT2D eigenvalue weighted by Gasteiger charge is 2.10. The summed E-state index contributed by atoms with van der Waals surface area (Å²) >= 11 is 0. The van der Waals surface area contributed by atoms with E-state index in [1.54, 1.807) is 31.5 Å². The van der Waals surface area contributed by atoms with Gasteiger partial charge in [-0.25, -0.2) is 4.39 Å². The molecular formula is C21H20FN3O2. The average molecular weight is 365 g/mol. The first-order valence-electron chi connectivity index (χ1n) is 8.54. The molecule has 0 radical (unpaired) electrons. The Morgan fingerprint density at radius 3 is 2.70 bits per heavy atom. The number of anilines is 2. The lowest BCUT2D eigenvalue weighted by atomic mass is 10.1. The molecule has 27 heavy (non-hydrogen) atoms. The largest absolute Gasteiger partial charge is 0.496 e. The van der Waals surface area contributed by atoms with Crippen molar-refractivity contribution < 1.29 is 13.9 Å². The van der Waals surface area contributed by atoms with Gasteiger partial charge in [-0.1, -0.05) is 30.3 Å². The Bertz CT molecular complexity index is 931. The molecule has 0 aliphatic rings. The fourth-order valence-corrected chi connectivity index (χ4v) is 2.67. The van der Waals surface area contributed by atoms with Crippen LogP contribution in [0.4, 0.5) is 15.8 Å². The number of amides is 1. The molecule has 0 bridgehead atoms. The van der Waals surface area contributed by atoms with Crippen LogP contribution >= 0.6 is 0 Å². The van der Waals surface area contributed by atoms with E-state index in [-0.39, 0.29) is 5.69 Å². The number of nitrogens with zero attached hydrogens (tertiary/aromatic N) is 1. The Balaban J connectivity index is 1.62. The van der Waals surface area contributed by atoms with Gasteiger partial charge < -0.3 is 15.4 Å². The fourth-order valence-electron chi connectivity index (χ4n) is 2.67. The van der Waals surface area contributed by atoms with Crippen LogP contribution in [0.25, 0.3) is 0 Å². The quantitative estimate of drug-likeness (QED) is 0.661. The van der Waals surface area contributed by atoms with E-state index in [0.29, 0.717) is 17.8 Å². The van der Waals surface area contributed by atoms with E-state index in [1.807, 2.05) is 24.3 Å². The maximum Gasteiger partial charge on any atom is 0.257 e. The summed E-state index contributed by atoms with van der Waals surface area (Å²) in [4.78, 5) is 16.4. The van der Waals surface area contributed by atoms with Gasteiger partial charge in [-0.05, 0) is 36.2 Å². The summed E-state index contributed by atoms with van der Waals surface area (Å²) in [6.07, 6.45) is 3.85. The molecule has 0 unspecified atom stereocenters. The van der Waals surface area contributed by atoms with Gasteiger partial charge >= 0.3 is 0 Å². The predicted molar refractivity (Wildman–Crippen MR) is 104 cm³/mol. The first-order valence-corrected chi connectivity index (χ1v) is 8.54. The van der Waals surface area contributed by atoms with E-state index in [1.165, 1.54) is 18.3 Å². The summed E-state index contributed by atoms with van der Waals surface area (Å²) in [6.45, 7) is 0.653. The van der Waals surface area contributed by atoms with E-state index in [2.05, 4.69) is 15.6 Å². The van der Waals surface area contributed by atoms with E-state index < -0.39 is 11.7 Å². The zero-order valence-corrected chi connectivity index (χ0v) is 14.9. The molecule has 138 valence electrons. The second kappa shape index (κ2) is 8.80. The highest BCUT2D eigenvalue weighted by molar-refractivity contribution is 6.04. The Kier molecular flexibility index (Phi) is 5.99. The Morgan fingerprint density at radius 2 is 1.89 bits per heavy atom. The number of ether oxygens (including phenoxy) is 1. The Hall–Kier alpha value is -3.41. The van der Waals surface area contributed by atoms with Crippen LogP contribution in [0.15, 0.2) is 67.0 Å². The Labute approximate surface area is 157 Å². The highest BCUT2D eigenvalue weighted by atomic mass is 19.1. The van der Waals surface area contributed by atoms with Crippen molar-refractivity contribution >= 4 is 17.3 Å². The third-order valence-corrected chi connectivity index (χ3v) is 4.04. The molecule has 2 aromatic carbocycles.